The van der Waals surface area contributed by atoms with E-state index in [9.17, 15) is 0 Å². The van der Waals surface area contributed by atoms with Crippen molar-refractivity contribution in [1.29, 1.82) is 0 Å². The summed E-state index contributed by atoms with van der Waals surface area (Å²) in [6.45, 7) is 8.23. The molecule has 19 heavy (non-hydrogen) atoms. The first-order valence-corrected chi connectivity index (χ1v) is 6.91. The third kappa shape index (κ3) is 2.47. The Hall–Kier alpha value is -1.49. The molecule has 0 spiro atoms. The molecule has 0 saturated heterocycles. The molecule has 0 radical (unpaired) electrons. The Balaban J connectivity index is 2.64. The van der Waals surface area contributed by atoms with Crippen LogP contribution in [-0.4, -0.2) is 9.66 Å². The van der Waals surface area contributed by atoms with Crippen LogP contribution in [0.2, 0.25) is 0 Å². The fourth-order valence-corrected chi connectivity index (χ4v) is 2.67. The molecule has 5 heteroatoms. The normalized spacial score (nSPS) is 11.8. The number of hydrogen-bond donors (Lipinski definition) is 2. The molecule has 0 unspecified atom stereocenters. The van der Waals surface area contributed by atoms with E-state index in [1.54, 1.807) is 0 Å². The second kappa shape index (κ2) is 4.56. The van der Waals surface area contributed by atoms with Crippen LogP contribution in [0.15, 0.2) is 22.7 Å². The fourth-order valence-electron chi connectivity index (χ4n) is 1.98. The minimum atomic E-state index is -0.154. The van der Waals surface area contributed by atoms with Gasteiger partial charge in [0.1, 0.15) is 11.5 Å². The van der Waals surface area contributed by atoms with Crippen LogP contribution in [0.3, 0.4) is 0 Å². The molecule has 0 saturated carbocycles. The zero-order valence-corrected chi connectivity index (χ0v) is 13.2. The second-order valence-electron chi connectivity index (χ2n) is 5.77. The molecule has 1 aromatic heterocycles. The lowest BCUT2D eigenvalue weighted by molar-refractivity contribution is 0.532. The summed E-state index contributed by atoms with van der Waals surface area (Å²) in [7, 11) is 0. The van der Waals surface area contributed by atoms with E-state index in [0.717, 1.165) is 21.6 Å². The number of anilines is 1. The van der Waals surface area contributed by atoms with E-state index >= 15 is 0 Å². The number of benzene rings is 1. The van der Waals surface area contributed by atoms with Crippen molar-refractivity contribution in [1.82, 2.24) is 9.66 Å². The van der Waals surface area contributed by atoms with Gasteiger partial charge in [-0.15, -0.1) is 0 Å². The van der Waals surface area contributed by atoms with Crippen molar-refractivity contribution in [2.45, 2.75) is 33.1 Å². The van der Waals surface area contributed by atoms with Crippen LogP contribution in [-0.2, 0) is 5.41 Å². The van der Waals surface area contributed by atoms with Gasteiger partial charge in [0.25, 0.3) is 0 Å². The van der Waals surface area contributed by atoms with Gasteiger partial charge in [-0.1, -0.05) is 48.8 Å². The lowest BCUT2D eigenvalue weighted by Gasteiger charge is -2.17. The van der Waals surface area contributed by atoms with E-state index in [1.807, 2.05) is 25.1 Å². The van der Waals surface area contributed by atoms with Crippen LogP contribution in [0.1, 0.15) is 32.2 Å². The maximum atomic E-state index is 6.09. The van der Waals surface area contributed by atoms with Gasteiger partial charge in [0, 0.05) is 15.5 Å². The number of aromatic nitrogens is 2. The zero-order chi connectivity index (χ0) is 14.4. The molecule has 0 atom stereocenters. The maximum Gasteiger partial charge on any atom is 0.150 e. The standard InChI is InChI=1S/C14H19BrN4/c1-8-5-6-9(10(15)7-8)11-12(16)19(17)13(18-11)14(2,3)4/h5-7H,16-17H2,1-4H3. The molecule has 102 valence electrons. The summed E-state index contributed by atoms with van der Waals surface area (Å²) in [6, 6.07) is 6.08. The first-order valence-electron chi connectivity index (χ1n) is 6.12. The highest BCUT2D eigenvalue weighted by Gasteiger charge is 2.25. The molecular formula is C14H19BrN4. The third-order valence-corrected chi connectivity index (χ3v) is 3.65. The van der Waals surface area contributed by atoms with Crippen molar-refractivity contribution in [3.8, 4) is 11.3 Å². The lowest BCUT2D eigenvalue weighted by Crippen LogP contribution is -2.24. The van der Waals surface area contributed by atoms with Gasteiger partial charge < -0.3 is 11.6 Å². The molecule has 0 aliphatic rings. The smallest absolute Gasteiger partial charge is 0.150 e. The number of nitrogen functional groups attached to an aromatic ring is 2. The summed E-state index contributed by atoms with van der Waals surface area (Å²) in [6.07, 6.45) is 0. The van der Waals surface area contributed by atoms with E-state index < -0.39 is 0 Å². The highest BCUT2D eigenvalue weighted by molar-refractivity contribution is 9.10. The Kier molecular flexibility index (Phi) is 3.34. The highest BCUT2D eigenvalue weighted by atomic mass is 79.9. The quantitative estimate of drug-likeness (QED) is 0.792. The largest absolute Gasteiger partial charge is 0.382 e. The van der Waals surface area contributed by atoms with Crippen molar-refractivity contribution in [3.05, 3.63) is 34.1 Å². The minimum Gasteiger partial charge on any atom is -0.382 e. The zero-order valence-electron chi connectivity index (χ0n) is 11.7. The topological polar surface area (TPSA) is 69.9 Å². The molecule has 1 aromatic carbocycles. The van der Waals surface area contributed by atoms with Crippen molar-refractivity contribution >= 4 is 21.7 Å². The molecule has 0 aliphatic heterocycles. The molecule has 4 N–H and O–H groups in total. The number of imidazole rings is 1. The van der Waals surface area contributed by atoms with Gasteiger partial charge in [0.2, 0.25) is 0 Å². The first-order chi connectivity index (χ1) is 8.71. The summed E-state index contributed by atoms with van der Waals surface area (Å²) in [5.74, 6) is 7.27. The number of nitrogens with two attached hydrogens (primary N) is 2. The van der Waals surface area contributed by atoms with E-state index in [0.29, 0.717) is 5.82 Å². The van der Waals surface area contributed by atoms with Gasteiger partial charge >= 0.3 is 0 Å². The Morgan fingerprint density at radius 2 is 1.89 bits per heavy atom. The van der Waals surface area contributed by atoms with Gasteiger partial charge in [0.05, 0.1) is 0 Å². The van der Waals surface area contributed by atoms with E-state index in [2.05, 4.69) is 41.7 Å². The average Bonchev–Trinajstić information content (AvgIpc) is 2.56. The van der Waals surface area contributed by atoms with Crippen molar-refractivity contribution < 1.29 is 0 Å². The Bertz CT molecular complexity index is 623. The molecule has 2 rings (SSSR count). The molecule has 0 aliphatic carbocycles. The number of nitrogens with zero attached hydrogens (tertiary/aromatic N) is 2. The Morgan fingerprint density at radius 3 is 2.37 bits per heavy atom. The second-order valence-corrected chi connectivity index (χ2v) is 6.63. The van der Waals surface area contributed by atoms with Gasteiger partial charge in [0.15, 0.2) is 5.82 Å². The molecule has 0 fully saturated rings. The highest BCUT2D eigenvalue weighted by Crippen LogP contribution is 2.34. The Morgan fingerprint density at radius 1 is 1.26 bits per heavy atom. The molecule has 2 aromatic rings. The monoisotopic (exact) mass is 322 g/mol. The summed E-state index contributed by atoms with van der Waals surface area (Å²) >= 11 is 3.56. The summed E-state index contributed by atoms with van der Waals surface area (Å²) < 4.78 is 2.44. The molecule has 0 bridgehead atoms. The van der Waals surface area contributed by atoms with E-state index in [-0.39, 0.29) is 5.41 Å². The van der Waals surface area contributed by atoms with Crippen LogP contribution < -0.4 is 11.6 Å². The molecule has 1 heterocycles. The summed E-state index contributed by atoms with van der Waals surface area (Å²) in [5, 5.41) is 0. The van der Waals surface area contributed by atoms with Crippen LogP contribution in [0, 0.1) is 6.92 Å². The number of hydrogen-bond acceptors (Lipinski definition) is 3. The predicted octanol–water partition coefficient (Wildman–Crippen LogP) is 3.21. The molecule has 4 nitrogen and oxygen atoms in total. The van der Waals surface area contributed by atoms with Gasteiger partial charge in [-0.2, -0.15) is 0 Å². The predicted molar refractivity (Wildman–Crippen MR) is 83.4 cm³/mol. The van der Waals surface area contributed by atoms with Gasteiger partial charge in [-0.25, -0.2) is 9.66 Å². The van der Waals surface area contributed by atoms with Crippen LogP contribution in [0.4, 0.5) is 5.82 Å². The lowest BCUT2D eigenvalue weighted by atomic mass is 9.96. The minimum absolute atomic E-state index is 0.154. The molecular weight excluding hydrogens is 304 g/mol. The van der Waals surface area contributed by atoms with E-state index in [1.165, 1.54) is 10.2 Å². The van der Waals surface area contributed by atoms with E-state index in [4.69, 9.17) is 11.6 Å². The SMILES string of the molecule is Cc1ccc(-c2nc(C(C)(C)C)n(N)c2N)c(Br)c1. The van der Waals surface area contributed by atoms with Gasteiger partial charge in [-0.05, 0) is 18.6 Å². The summed E-state index contributed by atoms with van der Waals surface area (Å²) in [5.41, 5.74) is 8.80. The van der Waals surface area contributed by atoms with Gasteiger partial charge in [-0.3, -0.25) is 0 Å². The Labute approximate surface area is 121 Å². The number of halogens is 1. The van der Waals surface area contributed by atoms with Crippen molar-refractivity contribution in [2.75, 3.05) is 11.6 Å². The fraction of sp³-hybridized carbons (Fsp3) is 0.357. The average molecular weight is 323 g/mol. The van der Waals surface area contributed by atoms with Crippen LogP contribution in [0.25, 0.3) is 11.3 Å². The van der Waals surface area contributed by atoms with Crippen molar-refractivity contribution in [2.24, 2.45) is 0 Å². The van der Waals surface area contributed by atoms with Crippen LogP contribution >= 0.6 is 15.9 Å². The molecule has 0 amide bonds. The van der Waals surface area contributed by atoms with Crippen molar-refractivity contribution in [3.63, 3.8) is 0 Å². The maximum absolute atomic E-state index is 6.09. The number of rotatable bonds is 1. The summed E-state index contributed by atoms with van der Waals surface area (Å²) in [4.78, 5) is 4.62. The van der Waals surface area contributed by atoms with Crippen LogP contribution in [0.5, 0.6) is 0 Å². The first kappa shape index (κ1) is 13.9. The third-order valence-electron chi connectivity index (χ3n) is 3.00. The number of aryl methyl sites for hydroxylation is 1.